The zero-order chi connectivity index (χ0) is 10.1. The van der Waals surface area contributed by atoms with Crippen LogP contribution >= 0.6 is 11.6 Å². The van der Waals surface area contributed by atoms with Crippen LogP contribution in [0.15, 0.2) is 12.1 Å². The van der Waals surface area contributed by atoms with E-state index in [4.69, 9.17) is 11.6 Å². The first-order valence-electron chi connectivity index (χ1n) is 3.57. The van der Waals surface area contributed by atoms with E-state index in [0.717, 1.165) is 0 Å². The van der Waals surface area contributed by atoms with E-state index >= 15 is 0 Å². The minimum absolute atomic E-state index is 0.0137. The summed E-state index contributed by atoms with van der Waals surface area (Å²) >= 11 is 5.52. The molecule has 0 aromatic carbocycles. The van der Waals surface area contributed by atoms with Gasteiger partial charge >= 0.3 is 6.18 Å². The number of rotatable bonds is 1. The lowest BCUT2D eigenvalue weighted by Crippen LogP contribution is -2.12. The summed E-state index contributed by atoms with van der Waals surface area (Å²) in [5.41, 5.74) is 0.621. The van der Waals surface area contributed by atoms with Gasteiger partial charge in [0.25, 0.3) is 0 Å². The fourth-order valence-electron chi connectivity index (χ4n) is 0.902. The van der Waals surface area contributed by atoms with Crippen LogP contribution in [0, 0.1) is 6.92 Å². The Morgan fingerprint density at radius 1 is 1.38 bits per heavy atom. The van der Waals surface area contributed by atoms with Crippen molar-refractivity contribution >= 4 is 11.6 Å². The molecule has 13 heavy (non-hydrogen) atoms. The van der Waals surface area contributed by atoms with E-state index in [-0.39, 0.29) is 10.7 Å². The smallest absolute Gasteiger partial charge is 0.241 e. The van der Waals surface area contributed by atoms with Crippen molar-refractivity contribution in [2.75, 3.05) is 0 Å². The molecule has 1 aromatic heterocycles. The summed E-state index contributed by atoms with van der Waals surface area (Å²) < 4.78 is 35.8. The van der Waals surface area contributed by atoms with Crippen LogP contribution in [0.3, 0.4) is 0 Å². The van der Waals surface area contributed by atoms with Crippen LogP contribution in [0.4, 0.5) is 13.2 Å². The first kappa shape index (κ1) is 10.3. The maximum atomic E-state index is 11.9. The van der Waals surface area contributed by atoms with Crippen LogP contribution in [0.1, 0.15) is 11.3 Å². The van der Waals surface area contributed by atoms with Crippen molar-refractivity contribution in [2.45, 2.75) is 19.5 Å². The summed E-state index contributed by atoms with van der Waals surface area (Å²) in [6.07, 6.45) is -5.26. The van der Waals surface area contributed by atoms with E-state index in [0.29, 0.717) is 5.69 Å². The molecule has 72 valence electrons. The molecular formula is C8H7ClF3N. The van der Waals surface area contributed by atoms with Gasteiger partial charge in [0, 0.05) is 5.69 Å². The van der Waals surface area contributed by atoms with Gasteiger partial charge in [-0.05, 0) is 18.6 Å². The normalized spacial score (nSPS) is 11.8. The molecule has 0 fully saturated rings. The Hall–Kier alpha value is -0.770. The maximum Gasteiger partial charge on any atom is 0.393 e. The predicted molar refractivity (Wildman–Crippen MR) is 43.7 cm³/mol. The number of nitrogens with zero attached hydrogens (tertiary/aromatic N) is 1. The van der Waals surface area contributed by atoms with Crippen LogP contribution in [0.2, 0.25) is 5.15 Å². The Balaban J connectivity index is 2.90. The maximum absolute atomic E-state index is 11.9. The first-order valence-corrected chi connectivity index (χ1v) is 3.95. The molecule has 1 heterocycles. The predicted octanol–water partition coefficient (Wildman–Crippen LogP) is 3.15. The molecule has 0 radical (unpaired) electrons. The third-order valence-electron chi connectivity index (χ3n) is 1.46. The van der Waals surface area contributed by atoms with Crippen LogP contribution < -0.4 is 0 Å². The van der Waals surface area contributed by atoms with Gasteiger partial charge in [-0.25, -0.2) is 4.98 Å². The fraction of sp³-hybridized carbons (Fsp3) is 0.375. The lowest BCUT2D eigenvalue weighted by molar-refractivity contribution is -0.127. The van der Waals surface area contributed by atoms with E-state index in [1.807, 2.05) is 0 Å². The summed E-state index contributed by atoms with van der Waals surface area (Å²) in [5, 5.41) is -0.0719. The van der Waals surface area contributed by atoms with Crippen molar-refractivity contribution in [3.63, 3.8) is 0 Å². The monoisotopic (exact) mass is 209 g/mol. The molecule has 1 aromatic rings. The molecule has 1 nitrogen and oxygen atoms in total. The minimum Gasteiger partial charge on any atom is -0.241 e. The van der Waals surface area contributed by atoms with Gasteiger partial charge in [0.2, 0.25) is 0 Å². The van der Waals surface area contributed by atoms with Crippen LogP contribution in [0.25, 0.3) is 0 Å². The Kier molecular flexibility index (Phi) is 2.81. The molecular weight excluding hydrogens is 203 g/mol. The van der Waals surface area contributed by atoms with Gasteiger partial charge in [-0.3, -0.25) is 0 Å². The van der Waals surface area contributed by atoms with Crippen molar-refractivity contribution in [3.8, 4) is 0 Å². The quantitative estimate of drug-likeness (QED) is 0.648. The SMILES string of the molecule is Cc1ccc(CC(F)(F)F)c(Cl)n1. The molecule has 0 aliphatic heterocycles. The molecule has 0 atom stereocenters. The highest BCUT2D eigenvalue weighted by Crippen LogP contribution is 2.24. The van der Waals surface area contributed by atoms with E-state index in [1.165, 1.54) is 12.1 Å². The van der Waals surface area contributed by atoms with Crippen molar-refractivity contribution in [1.29, 1.82) is 0 Å². The molecule has 0 aliphatic rings. The van der Waals surface area contributed by atoms with Crippen molar-refractivity contribution < 1.29 is 13.2 Å². The van der Waals surface area contributed by atoms with E-state index in [9.17, 15) is 13.2 Å². The Bertz CT molecular complexity index is 309. The van der Waals surface area contributed by atoms with E-state index in [2.05, 4.69) is 4.98 Å². The number of hydrogen-bond donors (Lipinski definition) is 0. The number of aromatic nitrogens is 1. The number of aryl methyl sites for hydroxylation is 1. The molecule has 0 spiro atoms. The van der Waals surface area contributed by atoms with Gasteiger partial charge < -0.3 is 0 Å². The lowest BCUT2D eigenvalue weighted by Gasteiger charge is -2.07. The molecule has 0 bridgehead atoms. The zero-order valence-electron chi connectivity index (χ0n) is 6.82. The standard InChI is InChI=1S/C8H7ClF3N/c1-5-2-3-6(7(9)13-5)4-8(10,11)12/h2-3H,4H2,1H3. The molecule has 0 saturated heterocycles. The molecule has 1 rings (SSSR count). The molecule has 0 saturated carbocycles. The number of halogens is 4. The first-order chi connectivity index (χ1) is 5.88. The third kappa shape index (κ3) is 3.22. The number of hydrogen-bond acceptors (Lipinski definition) is 1. The average Bonchev–Trinajstić information content (AvgIpc) is 1.93. The third-order valence-corrected chi connectivity index (χ3v) is 1.78. The number of pyridine rings is 1. The highest BCUT2D eigenvalue weighted by Gasteiger charge is 2.28. The molecule has 0 N–H and O–H groups in total. The topological polar surface area (TPSA) is 12.9 Å². The van der Waals surface area contributed by atoms with Crippen LogP contribution in [-0.2, 0) is 6.42 Å². The van der Waals surface area contributed by atoms with Gasteiger partial charge in [0.1, 0.15) is 5.15 Å². The molecule has 0 unspecified atom stereocenters. The molecule has 0 amide bonds. The molecule has 0 aliphatic carbocycles. The minimum atomic E-state index is -4.24. The van der Waals surface area contributed by atoms with Gasteiger partial charge in [0.05, 0.1) is 6.42 Å². The molecule has 5 heteroatoms. The van der Waals surface area contributed by atoms with Crippen molar-refractivity contribution in [3.05, 3.63) is 28.5 Å². The lowest BCUT2D eigenvalue weighted by atomic mass is 10.2. The average molecular weight is 210 g/mol. The second-order valence-electron chi connectivity index (χ2n) is 2.69. The summed E-state index contributed by atoms with van der Waals surface area (Å²) in [5.74, 6) is 0. The van der Waals surface area contributed by atoms with E-state index < -0.39 is 12.6 Å². The van der Waals surface area contributed by atoms with Crippen LogP contribution in [0.5, 0.6) is 0 Å². The highest BCUT2D eigenvalue weighted by molar-refractivity contribution is 6.30. The summed E-state index contributed by atoms with van der Waals surface area (Å²) in [4.78, 5) is 3.72. The van der Waals surface area contributed by atoms with Gasteiger partial charge in [-0.2, -0.15) is 13.2 Å². The van der Waals surface area contributed by atoms with Gasteiger partial charge in [-0.1, -0.05) is 17.7 Å². The Morgan fingerprint density at radius 3 is 2.46 bits per heavy atom. The fourth-order valence-corrected chi connectivity index (χ4v) is 1.16. The zero-order valence-corrected chi connectivity index (χ0v) is 7.58. The van der Waals surface area contributed by atoms with Gasteiger partial charge in [0.15, 0.2) is 0 Å². The van der Waals surface area contributed by atoms with Crippen molar-refractivity contribution in [1.82, 2.24) is 4.98 Å². The second kappa shape index (κ2) is 3.54. The summed E-state index contributed by atoms with van der Waals surface area (Å²) in [6.45, 7) is 1.67. The summed E-state index contributed by atoms with van der Waals surface area (Å²) in [6, 6.07) is 2.85. The summed E-state index contributed by atoms with van der Waals surface area (Å²) in [7, 11) is 0. The Labute approximate surface area is 78.5 Å². The largest absolute Gasteiger partial charge is 0.393 e. The van der Waals surface area contributed by atoms with Gasteiger partial charge in [-0.15, -0.1) is 0 Å². The number of alkyl halides is 3. The second-order valence-corrected chi connectivity index (χ2v) is 3.05. The Morgan fingerprint density at radius 2 is 2.00 bits per heavy atom. The van der Waals surface area contributed by atoms with E-state index in [1.54, 1.807) is 6.92 Å². The van der Waals surface area contributed by atoms with Crippen LogP contribution in [-0.4, -0.2) is 11.2 Å². The highest BCUT2D eigenvalue weighted by atomic mass is 35.5. The van der Waals surface area contributed by atoms with Crippen molar-refractivity contribution in [2.24, 2.45) is 0 Å².